The average molecular weight is 370 g/mol. The second-order valence-electron chi connectivity index (χ2n) is 4.29. The Morgan fingerprint density at radius 3 is 2.05 bits per heavy atom. The highest BCUT2D eigenvalue weighted by atomic mass is 35.5. The molecule has 0 aliphatic rings. The van der Waals surface area contributed by atoms with Crippen molar-refractivity contribution < 1.29 is 0 Å². The monoisotopic (exact) mass is 367 g/mol. The highest BCUT2D eigenvalue weighted by Gasteiger charge is 2.14. The molecule has 0 spiro atoms. The average Bonchev–Trinajstić information content (AvgIpc) is 2.34. The minimum absolute atomic E-state index is 0.0770. The molecule has 0 radical (unpaired) electrons. The number of benzene rings is 2. The van der Waals surface area contributed by atoms with E-state index in [1.54, 1.807) is 24.3 Å². The number of nitrogens with one attached hydrogen (secondary N) is 1. The lowest BCUT2D eigenvalue weighted by molar-refractivity contribution is 0.885. The summed E-state index contributed by atoms with van der Waals surface area (Å²) in [5, 5.41) is 5.61. The second kappa shape index (κ2) is 6.64. The van der Waals surface area contributed by atoms with Gasteiger partial charge in [-0.3, -0.25) is 0 Å². The standard InChI is InChI=1S/C14H10Cl5N/c1-7(11-2-3-12(17)14(19)13(11)18)20-10-5-8(15)4-9(16)6-10/h2-7,20H,1H3. The Morgan fingerprint density at radius 1 is 0.850 bits per heavy atom. The molecule has 0 aliphatic heterocycles. The van der Waals surface area contributed by atoms with Gasteiger partial charge in [0.15, 0.2) is 0 Å². The third kappa shape index (κ3) is 3.66. The van der Waals surface area contributed by atoms with Crippen molar-refractivity contribution in [2.75, 3.05) is 5.32 Å². The summed E-state index contributed by atoms with van der Waals surface area (Å²) in [6, 6.07) is 8.72. The van der Waals surface area contributed by atoms with Crippen LogP contribution in [-0.2, 0) is 0 Å². The first-order chi connectivity index (χ1) is 9.38. The smallest absolute Gasteiger partial charge is 0.0782 e. The second-order valence-corrected chi connectivity index (χ2v) is 6.32. The normalized spacial score (nSPS) is 12.3. The van der Waals surface area contributed by atoms with E-state index < -0.39 is 0 Å². The Hall–Kier alpha value is -0.310. The largest absolute Gasteiger partial charge is 0.378 e. The summed E-state index contributed by atoms with van der Waals surface area (Å²) >= 11 is 30.1. The van der Waals surface area contributed by atoms with Crippen molar-refractivity contribution in [3.05, 3.63) is 61.0 Å². The van der Waals surface area contributed by atoms with E-state index in [9.17, 15) is 0 Å². The van der Waals surface area contributed by atoms with Crippen LogP contribution in [0.4, 0.5) is 5.69 Å². The van der Waals surface area contributed by atoms with Gasteiger partial charge >= 0.3 is 0 Å². The highest BCUT2D eigenvalue weighted by molar-refractivity contribution is 6.48. The van der Waals surface area contributed by atoms with Crippen molar-refractivity contribution in [3.63, 3.8) is 0 Å². The summed E-state index contributed by atoms with van der Waals surface area (Å²) in [5.41, 5.74) is 1.65. The summed E-state index contributed by atoms with van der Waals surface area (Å²) in [7, 11) is 0. The number of anilines is 1. The van der Waals surface area contributed by atoms with Gasteiger partial charge in [0.05, 0.1) is 21.1 Å². The Balaban J connectivity index is 2.28. The maximum absolute atomic E-state index is 6.21. The minimum Gasteiger partial charge on any atom is -0.378 e. The van der Waals surface area contributed by atoms with E-state index in [1.807, 2.05) is 13.0 Å². The number of hydrogen-bond donors (Lipinski definition) is 1. The molecule has 2 aromatic rings. The van der Waals surface area contributed by atoms with Gasteiger partial charge in [0, 0.05) is 15.7 Å². The molecule has 20 heavy (non-hydrogen) atoms. The molecule has 2 rings (SSSR count). The molecule has 2 aromatic carbocycles. The predicted molar refractivity (Wildman–Crippen MR) is 90.0 cm³/mol. The molecule has 106 valence electrons. The van der Waals surface area contributed by atoms with Gasteiger partial charge in [0.25, 0.3) is 0 Å². The van der Waals surface area contributed by atoms with E-state index in [4.69, 9.17) is 58.0 Å². The van der Waals surface area contributed by atoms with Crippen molar-refractivity contribution in [1.29, 1.82) is 0 Å². The number of rotatable bonds is 3. The van der Waals surface area contributed by atoms with Crippen LogP contribution in [0.1, 0.15) is 18.5 Å². The molecular weight excluding hydrogens is 359 g/mol. The molecule has 0 bridgehead atoms. The quantitative estimate of drug-likeness (QED) is 0.568. The summed E-state index contributed by atoms with van der Waals surface area (Å²) in [6.45, 7) is 1.96. The maximum atomic E-state index is 6.21. The molecule has 0 saturated heterocycles. The van der Waals surface area contributed by atoms with Gasteiger partial charge < -0.3 is 5.32 Å². The zero-order valence-electron chi connectivity index (χ0n) is 10.4. The Labute approximate surface area is 142 Å². The first kappa shape index (κ1) is 16.1. The first-order valence-electron chi connectivity index (χ1n) is 5.74. The van der Waals surface area contributed by atoms with E-state index in [-0.39, 0.29) is 6.04 Å². The zero-order chi connectivity index (χ0) is 14.9. The lowest BCUT2D eigenvalue weighted by Gasteiger charge is -2.18. The predicted octanol–water partition coefficient (Wildman–Crippen LogP) is 7.13. The van der Waals surface area contributed by atoms with E-state index in [0.29, 0.717) is 25.1 Å². The molecule has 1 nitrogen and oxygen atoms in total. The molecular formula is C14H10Cl5N. The molecule has 0 amide bonds. The van der Waals surface area contributed by atoms with Crippen LogP contribution in [0.15, 0.2) is 30.3 Å². The van der Waals surface area contributed by atoms with Crippen LogP contribution in [0, 0.1) is 0 Å². The van der Waals surface area contributed by atoms with E-state index in [0.717, 1.165) is 11.3 Å². The van der Waals surface area contributed by atoms with Crippen molar-refractivity contribution in [2.45, 2.75) is 13.0 Å². The van der Waals surface area contributed by atoms with Crippen LogP contribution in [0.2, 0.25) is 25.1 Å². The summed E-state index contributed by atoms with van der Waals surface area (Å²) in [4.78, 5) is 0. The fourth-order valence-corrected chi connectivity index (χ4v) is 3.07. The van der Waals surface area contributed by atoms with Crippen molar-refractivity contribution in [3.8, 4) is 0 Å². The van der Waals surface area contributed by atoms with Crippen LogP contribution in [0.25, 0.3) is 0 Å². The van der Waals surface area contributed by atoms with Crippen molar-refractivity contribution in [1.82, 2.24) is 0 Å². The van der Waals surface area contributed by atoms with Crippen molar-refractivity contribution in [2.24, 2.45) is 0 Å². The van der Waals surface area contributed by atoms with Gasteiger partial charge in [-0.05, 0) is 36.8 Å². The van der Waals surface area contributed by atoms with Crippen LogP contribution < -0.4 is 5.32 Å². The van der Waals surface area contributed by atoms with Gasteiger partial charge in [0.2, 0.25) is 0 Å². The van der Waals surface area contributed by atoms with Crippen LogP contribution in [0.5, 0.6) is 0 Å². The molecule has 0 saturated carbocycles. The van der Waals surface area contributed by atoms with E-state index in [1.165, 1.54) is 0 Å². The molecule has 1 unspecified atom stereocenters. The molecule has 1 atom stereocenters. The Morgan fingerprint density at radius 2 is 1.45 bits per heavy atom. The fourth-order valence-electron chi connectivity index (χ4n) is 1.84. The minimum atomic E-state index is -0.0770. The molecule has 1 N–H and O–H groups in total. The maximum Gasteiger partial charge on any atom is 0.0782 e. The van der Waals surface area contributed by atoms with Gasteiger partial charge in [-0.1, -0.05) is 64.1 Å². The summed E-state index contributed by atoms with van der Waals surface area (Å²) in [5.74, 6) is 0. The Bertz CT molecular complexity index is 621. The van der Waals surface area contributed by atoms with Gasteiger partial charge in [-0.25, -0.2) is 0 Å². The summed E-state index contributed by atoms with van der Waals surface area (Å²) < 4.78 is 0. The third-order valence-corrected chi connectivity index (χ3v) is 4.52. The lowest BCUT2D eigenvalue weighted by Crippen LogP contribution is -2.07. The van der Waals surface area contributed by atoms with E-state index >= 15 is 0 Å². The van der Waals surface area contributed by atoms with E-state index in [2.05, 4.69) is 5.32 Å². The molecule has 6 heteroatoms. The zero-order valence-corrected chi connectivity index (χ0v) is 14.1. The SMILES string of the molecule is CC(Nc1cc(Cl)cc(Cl)c1)c1ccc(Cl)c(Cl)c1Cl. The number of hydrogen-bond acceptors (Lipinski definition) is 1. The number of halogens is 5. The van der Waals surface area contributed by atoms with Gasteiger partial charge in [0.1, 0.15) is 0 Å². The first-order valence-corrected chi connectivity index (χ1v) is 7.63. The van der Waals surface area contributed by atoms with Gasteiger partial charge in [-0.2, -0.15) is 0 Å². The van der Waals surface area contributed by atoms with Crippen molar-refractivity contribution >= 4 is 63.7 Å². The van der Waals surface area contributed by atoms with Crippen LogP contribution in [-0.4, -0.2) is 0 Å². The topological polar surface area (TPSA) is 12.0 Å². The Kier molecular flexibility index (Phi) is 5.33. The van der Waals surface area contributed by atoms with Crippen LogP contribution >= 0.6 is 58.0 Å². The third-order valence-electron chi connectivity index (χ3n) is 2.78. The highest BCUT2D eigenvalue weighted by Crippen LogP contribution is 2.36. The molecule has 0 heterocycles. The lowest BCUT2D eigenvalue weighted by atomic mass is 10.1. The van der Waals surface area contributed by atoms with Gasteiger partial charge in [-0.15, -0.1) is 0 Å². The molecule has 0 fully saturated rings. The molecule has 0 aromatic heterocycles. The summed E-state index contributed by atoms with van der Waals surface area (Å²) in [6.07, 6.45) is 0. The van der Waals surface area contributed by atoms with Crippen LogP contribution in [0.3, 0.4) is 0 Å². The molecule has 0 aliphatic carbocycles. The fraction of sp³-hybridized carbons (Fsp3) is 0.143.